The first-order valence-corrected chi connectivity index (χ1v) is 8.00. The van der Waals surface area contributed by atoms with Gasteiger partial charge < -0.3 is 19.7 Å². The van der Waals surface area contributed by atoms with Gasteiger partial charge in [0.1, 0.15) is 12.4 Å². The fourth-order valence-electron chi connectivity index (χ4n) is 3.16. The van der Waals surface area contributed by atoms with E-state index in [1.165, 1.54) is 0 Å². The van der Waals surface area contributed by atoms with Gasteiger partial charge in [-0.3, -0.25) is 0 Å². The predicted molar refractivity (Wildman–Crippen MR) is 87.8 cm³/mol. The molecule has 2 aromatic rings. The lowest BCUT2D eigenvalue weighted by atomic mass is 10.1. The third-order valence-electron chi connectivity index (χ3n) is 4.30. The number of anilines is 2. The number of benzene rings is 1. The van der Waals surface area contributed by atoms with E-state index in [0.717, 1.165) is 55.2 Å². The van der Waals surface area contributed by atoms with Gasteiger partial charge in [0.25, 0.3) is 0 Å². The number of rotatable bonds is 2. The molecule has 0 spiro atoms. The summed E-state index contributed by atoms with van der Waals surface area (Å²) in [6, 6.07) is 8.00. The molecular weight excluding hydrogens is 292 g/mol. The van der Waals surface area contributed by atoms with Crippen LogP contribution in [0.4, 0.5) is 11.6 Å². The Morgan fingerprint density at radius 3 is 2.96 bits per heavy atom. The Hall–Kier alpha value is -2.34. The summed E-state index contributed by atoms with van der Waals surface area (Å²) in [5.41, 5.74) is 3.22. The monoisotopic (exact) mass is 312 g/mol. The van der Waals surface area contributed by atoms with E-state index in [0.29, 0.717) is 18.4 Å². The third-order valence-corrected chi connectivity index (χ3v) is 4.30. The van der Waals surface area contributed by atoms with Crippen molar-refractivity contribution in [1.29, 1.82) is 0 Å². The fourth-order valence-corrected chi connectivity index (χ4v) is 3.16. The molecule has 0 radical (unpaired) electrons. The van der Waals surface area contributed by atoms with Gasteiger partial charge in [0.15, 0.2) is 0 Å². The molecule has 23 heavy (non-hydrogen) atoms. The van der Waals surface area contributed by atoms with Gasteiger partial charge in [-0.05, 0) is 25.1 Å². The summed E-state index contributed by atoms with van der Waals surface area (Å²) in [5, 5.41) is 3.40. The van der Waals surface area contributed by atoms with Gasteiger partial charge in [0.05, 0.1) is 25.0 Å². The lowest BCUT2D eigenvalue weighted by Crippen LogP contribution is -2.30. The summed E-state index contributed by atoms with van der Waals surface area (Å²) in [7, 11) is 1.68. The third kappa shape index (κ3) is 2.59. The minimum Gasteiger partial charge on any atom is -0.490 e. The van der Waals surface area contributed by atoms with Gasteiger partial charge in [0.2, 0.25) is 11.8 Å². The molecule has 0 bridgehead atoms. The lowest BCUT2D eigenvalue weighted by molar-refractivity contribution is 0.312. The number of nitrogens with one attached hydrogen (secondary N) is 1. The van der Waals surface area contributed by atoms with E-state index in [4.69, 9.17) is 14.5 Å². The SMILES string of the molecule is COc1nc(N2CCOc3ccccc32)nc2c1CCNCC2. The van der Waals surface area contributed by atoms with E-state index in [1.807, 2.05) is 24.3 Å². The van der Waals surface area contributed by atoms with Crippen molar-refractivity contribution in [2.45, 2.75) is 12.8 Å². The van der Waals surface area contributed by atoms with Crippen LogP contribution >= 0.6 is 0 Å². The number of hydrogen-bond donors (Lipinski definition) is 1. The minimum atomic E-state index is 0.626. The van der Waals surface area contributed by atoms with Gasteiger partial charge in [-0.2, -0.15) is 4.98 Å². The molecule has 0 amide bonds. The van der Waals surface area contributed by atoms with Crippen LogP contribution in [0.1, 0.15) is 11.3 Å². The second-order valence-electron chi connectivity index (χ2n) is 5.68. The van der Waals surface area contributed by atoms with Gasteiger partial charge in [0, 0.05) is 18.5 Å². The van der Waals surface area contributed by atoms with Crippen molar-refractivity contribution in [2.75, 3.05) is 38.3 Å². The number of fused-ring (bicyclic) bond motifs is 2. The zero-order chi connectivity index (χ0) is 15.6. The average molecular weight is 312 g/mol. The summed E-state index contributed by atoms with van der Waals surface area (Å²) in [4.78, 5) is 11.6. The molecule has 0 atom stereocenters. The zero-order valence-electron chi connectivity index (χ0n) is 13.2. The number of hydrogen-bond acceptors (Lipinski definition) is 6. The molecule has 0 unspecified atom stereocenters. The van der Waals surface area contributed by atoms with Crippen LogP contribution in [0.2, 0.25) is 0 Å². The first kappa shape index (κ1) is 14.3. The standard InChI is InChI=1S/C17H20N4O2/c1-22-16-12-6-8-18-9-7-13(12)19-17(20-16)21-10-11-23-15-5-3-2-4-14(15)21/h2-5,18H,6-11H2,1H3. The molecule has 0 saturated carbocycles. The molecule has 120 valence electrons. The Morgan fingerprint density at radius 1 is 1.17 bits per heavy atom. The maximum Gasteiger partial charge on any atom is 0.233 e. The van der Waals surface area contributed by atoms with Gasteiger partial charge in [-0.1, -0.05) is 12.1 Å². The van der Waals surface area contributed by atoms with Crippen molar-refractivity contribution in [3.05, 3.63) is 35.5 Å². The molecule has 1 aromatic heterocycles. The van der Waals surface area contributed by atoms with Crippen molar-refractivity contribution < 1.29 is 9.47 Å². The van der Waals surface area contributed by atoms with E-state index in [-0.39, 0.29) is 0 Å². The van der Waals surface area contributed by atoms with Crippen LogP contribution in [0.3, 0.4) is 0 Å². The molecule has 1 N–H and O–H groups in total. The highest BCUT2D eigenvalue weighted by Gasteiger charge is 2.24. The molecule has 0 saturated heterocycles. The van der Waals surface area contributed by atoms with Crippen molar-refractivity contribution in [1.82, 2.24) is 15.3 Å². The predicted octanol–water partition coefficient (Wildman–Crippen LogP) is 1.70. The Labute approximate surface area is 135 Å². The quantitative estimate of drug-likeness (QED) is 0.911. The molecule has 0 fully saturated rings. The number of methoxy groups -OCH3 is 1. The summed E-state index contributed by atoms with van der Waals surface area (Å²) in [6.45, 7) is 3.23. The topological polar surface area (TPSA) is 59.5 Å². The summed E-state index contributed by atoms with van der Waals surface area (Å²) < 4.78 is 11.3. The van der Waals surface area contributed by atoms with Crippen molar-refractivity contribution >= 4 is 11.6 Å². The Balaban J connectivity index is 1.80. The molecule has 2 aliphatic heterocycles. The minimum absolute atomic E-state index is 0.626. The summed E-state index contributed by atoms with van der Waals surface area (Å²) >= 11 is 0. The molecular formula is C17H20N4O2. The zero-order valence-corrected chi connectivity index (χ0v) is 13.2. The maximum absolute atomic E-state index is 5.73. The van der Waals surface area contributed by atoms with Crippen LogP contribution in [-0.4, -0.2) is 43.3 Å². The van der Waals surface area contributed by atoms with Gasteiger partial charge in [-0.15, -0.1) is 0 Å². The van der Waals surface area contributed by atoms with E-state index in [9.17, 15) is 0 Å². The first-order chi connectivity index (χ1) is 11.4. The van der Waals surface area contributed by atoms with Crippen LogP contribution in [0, 0.1) is 0 Å². The second kappa shape index (κ2) is 6.04. The second-order valence-corrected chi connectivity index (χ2v) is 5.68. The number of nitrogens with zero attached hydrogens (tertiary/aromatic N) is 3. The van der Waals surface area contributed by atoms with E-state index in [2.05, 4.69) is 15.2 Å². The van der Waals surface area contributed by atoms with Gasteiger partial charge in [-0.25, -0.2) is 4.98 Å². The Bertz CT molecular complexity index is 720. The highest BCUT2D eigenvalue weighted by Crippen LogP contribution is 2.36. The summed E-state index contributed by atoms with van der Waals surface area (Å²) in [6.07, 6.45) is 1.80. The molecule has 4 rings (SSSR count). The molecule has 0 aliphatic carbocycles. The van der Waals surface area contributed by atoms with E-state index >= 15 is 0 Å². The average Bonchev–Trinajstić information content (AvgIpc) is 2.85. The normalized spacial score (nSPS) is 16.8. The Kier molecular flexibility index (Phi) is 3.75. The first-order valence-electron chi connectivity index (χ1n) is 8.00. The fraction of sp³-hybridized carbons (Fsp3) is 0.412. The van der Waals surface area contributed by atoms with Crippen molar-refractivity contribution in [3.63, 3.8) is 0 Å². The maximum atomic E-state index is 5.73. The Morgan fingerprint density at radius 2 is 2.04 bits per heavy atom. The van der Waals surface area contributed by atoms with Gasteiger partial charge >= 0.3 is 0 Å². The van der Waals surface area contributed by atoms with Crippen LogP contribution < -0.4 is 19.7 Å². The van der Waals surface area contributed by atoms with E-state index in [1.54, 1.807) is 7.11 Å². The van der Waals surface area contributed by atoms with Crippen LogP contribution in [0.15, 0.2) is 24.3 Å². The number of aromatic nitrogens is 2. The number of ether oxygens (including phenoxy) is 2. The highest BCUT2D eigenvalue weighted by molar-refractivity contribution is 5.67. The van der Waals surface area contributed by atoms with E-state index < -0.39 is 0 Å². The molecule has 2 aliphatic rings. The lowest BCUT2D eigenvalue weighted by Gasteiger charge is -2.30. The highest BCUT2D eigenvalue weighted by atomic mass is 16.5. The van der Waals surface area contributed by atoms with Crippen molar-refractivity contribution in [3.8, 4) is 11.6 Å². The van der Waals surface area contributed by atoms with Crippen LogP contribution in [0.5, 0.6) is 11.6 Å². The molecule has 1 aromatic carbocycles. The largest absolute Gasteiger partial charge is 0.490 e. The molecule has 6 nitrogen and oxygen atoms in total. The molecule has 6 heteroatoms. The van der Waals surface area contributed by atoms with Crippen molar-refractivity contribution in [2.24, 2.45) is 0 Å². The molecule has 3 heterocycles. The smallest absolute Gasteiger partial charge is 0.233 e. The summed E-state index contributed by atoms with van der Waals surface area (Å²) in [5.74, 6) is 2.26. The van der Waals surface area contributed by atoms with Crippen LogP contribution in [0.25, 0.3) is 0 Å². The number of para-hydroxylation sites is 2. The van der Waals surface area contributed by atoms with Crippen LogP contribution in [-0.2, 0) is 12.8 Å².